The summed E-state index contributed by atoms with van der Waals surface area (Å²) in [5.41, 5.74) is 1.36. The smallest absolute Gasteiger partial charge is 0.136 e. The molecule has 5 heteroatoms. The molecule has 1 saturated heterocycles. The molecule has 2 aromatic rings. The lowest BCUT2D eigenvalue weighted by Gasteiger charge is -2.21. The molecular weight excluding hydrogens is 269 g/mol. The largest absolute Gasteiger partial charge is 0.392 e. The summed E-state index contributed by atoms with van der Waals surface area (Å²) in [5, 5.41) is 12.4. The Morgan fingerprint density at radius 1 is 1.19 bits per heavy atom. The highest BCUT2D eigenvalue weighted by molar-refractivity contribution is 5.63. The average molecular weight is 287 g/mol. The third kappa shape index (κ3) is 2.94. The number of benzene rings is 1. The lowest BCUT2D eigenvalue weighted by atomic mass is 9.97. The van der Waals surface area contributed by atoms with Gasteiger partial charge in [0, 0.05) is 35.0 Å². The van der Waals surface area contributed by atoms with Gasteiger partial charge in [0.25, 0.3) is 0 Å². The number of halogens is 1. The molecule has 1 aliphatic rings. The molecule has 0 radical (unpaired) electrons. The molecule has 4 nitrogen and oxygen atoms in total. The van der Waals surface area contributed by atoms with Crippen LogP contribution < -0.4 is 5.32 Å². The van der Waals surface area contributed by atoms with Crippen molar-refractivity contribution in [3.8, 4) is 11.1 Å². The van der Waals surface area contributed by atoms with Crippen molar-refractivity contribution in [3.63, 3.8) is 0 Å². The molecule has 2 N–H and O–H groups in total. The van der Waals surface area contributed by atoms with Crippen LogP contribution >= 0.6 is 0 Å². The van der Waals surface area contributed by atoms with Gasteiger partial charge in [0.15, 0.2) is 0 Å². The van der Waals surface area contributed by atoms with Crippen molar-refractivity contribution in [2.45, 2.75) is 25.4 Å². The molecule has 1 fully saturated rings. The monoisotopic (exact) mass is 287 g/mol. The number of hydrogen-bond acceptors (Lipinski definition) is 4. The minimum Gasteiger partial charge on any atom is -0.392 e. The van der Waals surface area contributed by atoms with Crippen LogP contribution in [0, 0.1) is 5.82 Å². The maximum atomic E-state index is 14.2. The molecule has 110 valence electrons. The third-order valence-corrected chi connectivity index (χ3v) is 3.94. The van der Waals surface area contributed by atoms with E-state index in [1.54, 1.807) is 30.6 Å². The molecule has 0 amide bonds. The van der Waals surface area contributed by atoms with Gasteiger partial charge in [0.2, 0.25) is 0 Å². The number of nitrogens with zero attached hydrogens (tertiary/aromatic N) is 2. The van der Waals surface area contributed by atoms with Gasteiger partial charge < -0.3 is 10.4 Å². The van der Waals surface area contributed by atoms with E-state index in [1.165, 1.54) is 0 Å². The predicted octanol–water partition coefficient (Wildman–Crippen LogP) is 2.24. The van der Waals surface area contributed by atoms with Gasteiger partial charge in [-0.25, -0.2) is 14.4 Å². The highest BCUT2D eigenvalue weighted by atomic mass is 19.1. The van der Waals surface area contributed by atoms with Gasteiger partial charge in [-0.1, -0.05) is 18.2 Å². The number of rotatable bonds is 3. The standard InChI is InChI=1S/C16H18FN3O/c17-15-12(10-21)2-1-3-14(15)13-8-19-16(20-9-13)11-4-6-18-7-5-11/h1-3,8-9,11,18,21H,4-7,10H2. The summed E-state index contributed by atoms with van der Waals surface area (Å²) in [4.78, 5) is 8.81. The third-order valence-electron chi connectivity index (χ3n) is 3.94. The van der Waals surface area contributed by atoms with Gasteiger partial charge in [-0.2, -0.15) is 0 Å². The van der Waals surface area contributed by atoms with Crippen molar-refractivity contribution in [1.82, 2.24) is 15.3 Å². The molecule has 0 atom stereocenters. The van der Waals surface area contributed by atoms with Crippen LogP contribution in [0.15, 0.2) is 30.6 Å². The summed E-state index contributed by atoms with van der Waals surface area (Å²) in [6, 6.07) is 4.98. The molecule has 0 aliphatic carbocycles. The first-order valence-corrected chi connectivity index (χ1v) is 7.21. The Labute approximate surface area is 123 Å². The Hall–Kier alpha value is -1.85. The molecule has 2 heterocycles. The first-order valence-electron chi connectivity index (χ1n) is 7.21. The van der Waals surface area contributed by atoms with Gasteiger partial charge in [0.05, 0.1) is 6.61 Å². The van der Waals surface area contributed by atoms with Gasteiger partial charge in [-0.05, 0) is 25.9 Å². The predicted molar refractivity (Wildman–Crippen MR) is 78.2 cm³/mol. The number of nitrogens with one attached hydrogen (secondary N) is 1. The topological polar surface area (TPSA) is 58.0 Å². The summed E-state index contributed by atoms with van der Waals surface area (Å²) < 4.78 is 14.2. The van der Waals surface area contributed by atoms with Gasteiger partial charge in [-0.3, -0.25) is 0 Å². The van der Waals surface area contributed by atoms with Gasteiger partial charge in [-0.15, -0.1) is 0 Å². The number of piperidine rings is 1. The summed E-state index contributed by atoms with van der Waals surface area (Å²) in [6.45, 7) is 1.67. The summed E-state index contributed by atoms with van der Waals surface area (Å²) in [6.07, 6.45) is 5.41. The molecular formula is C16H18FN3O. The Balaban J connectivity index is 1.87. The van der Waals surface area contributed by atoms with Crippen LogP contribution in [-0.2, 0) is 6.61 Å². The van der Waals surface area contributed by atoms with Crippen LogP contribution in [0.4, 0.5) is 4.39 Å². The number of hydrogen-bond donors (Lipinski definition) is 2. The molecule has 1 aliphatic heterocycles. The summed E-state index contributed by atoms with van der Waals surface area (Å²) in [5.74, 6) is 0.811. The quantitative estimate of drug-likeness (QED) is 0.909. The fourth-order valence-corrected chi connectivity index (χ4v) is 2.69. The zero-order valence-electron chi connectivity index (χ0n) is 11.7. The van der Waals surface area contributed by atoms with Crippen LogP contribution in [0.25, 0.3) is 11.1 Å². The van der Waals surface area contributed by atoms with Crippen LogP contribution in [0.5, 0.6) is 0 Å². The van der Waals surface area contributed by atoms with Crippen molar-refractivity contribution in [1.29, 1.82) is 0 Å². The summed E-state index contributed by atoms with van der Waals surface area (Å²) in [7, 11) is 0. The van der Waals surface area contributed by atoms with Crippen molar-refractivity contribution in [3.05, 3.63) is 47.8 Å². The fourth-order valence-electron chi connectivity index (χ4n) is 2.69. The SMILES string of the molecule is OCc1cccc(-c2cnc(C3CCNCC3)nc2)c1F. The normalized spacial score (nSPS) is 16.1. The molecule has 1 aromatic heterocycles. The molecule has 0 saturated carbocycles. The van der Waals surface area contributed by atoms with E-state index in [2.05, 4.69) is 15.3 Å². The Morgan fingerprint density at radius 3 is 2.57 bits per heavy atom. The first-order chi connectivity index (χ1) is 10.3. The maximum Gasteiger partial charge on any atom is 0.136 e. The highest BCUT2D eigenvalue weighted by Gasteiger charge is 2.18. The van der Waals surface area contributed by atoms with E-state index in [-0.39, 0.29) is 12.2 Å². The Bertz CT molecular complexity index is 609. The first kappa shape index (κ1) is 14.1. The van der Waals surface area contributed by atoms with Gasteiger partial charge >= 0.3 is 0 Å². The maximum absolute atomic E-state index is 14.2. The van der Waals surface area contributed by atoms with Crippen molar-refractivity contribution in [2.75, 3.05) is 13.1 Å². The van der Waals surface area contributed by atoms with Crippen molar-refractivity contribution in [2.24, 2.45) is 0 Å². The molecule has 0 spiro atoms. The van der Waals surface area contributed by atoms with E-state index in [1.807, 2.05) is 0 Å². The average Bonchev–Trinajstić information content (AvgIpc) is 2.56. The van der Waals surface area contributed by atoms with Crippen LogP contribution in [-0.4, -0.2) is 28.2 Å². The Morgan fingerprint density at radius 2 is 1.90 bits per heavy atom. The number of aromatic nitrogens is 2. The number of aliphatic hydroxyl groups is 1. The zero-order chi connectivity index (χ0) is 14.7. The zero-order valence-corrected chi connectivity index (χ0v) is 11.7. The van der Waals surface area contributed by atoms with E-state index in [0.29, 0.717) is 17.0 Å². The lowest BCUT2D eigenvalue weighted by Crippen LogP contribution is -2.27. The second-order valence-corrected chi connectivity index (χ2v) is 5.29. The summed E-state index contributed by atoms with van der Waals surface area (Å²) >= 11 is 0. The second kappa shape index (κ2) is 6.28. The Kier molecular flexibility index (Phi) is 4.22. The van der Waals surface area contributed by atoms with E-state index >= 15 is 0 Å². The molecule has 3 rings (SSSR count). The second-order valence-electron chi connectivity index (χ2n) is 5.29. The molecule has 0 unspecified atom stereocenters. The minimum absolute atomic E-state index is 0.287. The van der Waals surface area contributed by atoms with E-state index in [0.717, 1.165) is 31.8 Å². The van der Waals surface area contributed by atoms with Crippen LogP contribution in [0.1, 0.15) is 30.1 Å². The molecule has 21 heavy (non-hydrogen) atoms. The highest BCUT2D eigenvalue weighted by Crippen LogP contribution is 2.26. The van der Waals surface area contributed by atoms with Crippen LogP contribution in [0.2, 0.25) is 0 Å². The minimum atomic E-state index is -0.404. The van der Waals surface area contributed by atoms with E-state index in [4.69, 9.17) is 5.11 Å². The van der Waals surface area contributed by atoms with E-state index < -0.39 is 5.82 Å². The van der Waals surface area contributed by atoms with Gasteiger partial charge in [0.1, 0.15) is 11.6 Å². The molecule has 1 aromatic carbocycles. The lowest BCUT2D eigenvalue weighted by molar-refractivity contribution is 0.276. The molecule has 0 bridgehead atoms. The van der Waals surface area contributed by atoms with Crippen molar-refractivity contribution >= 4 is 0 Å². The fraction of sp³-hybridized carbons (Fsp3) is 0.375. The van der Waals surface area contributed by atoms with E-state index in [9.17, 15) is 4.39 Å². The van der Waals surface area contributed by atoms with Crippen LogP contribution in [0.3, 0.4) is 0 Å². The number of aliphatic hydroxyl groups excluding tert-OH is 1. The van der Waals surface area contributed by atoms with Crippen molar-refractivity contribution < 1.29 is 9.50 Å².